The molecule has 1 N–H and O–H groups in total. The molecular formula is C24H32N2O4S2. The quantitative estimate of drug-likeness (QED) is 0.555. The molecule has 1 aliphatic heterocycles. The zero-order valence-electron chi connectivity index (χ0n) is 19.2. The van der Waals surface area contributed by atoms with Gasteiger partial charge in [-0.25, -0.2) is 13.1 Å². The number of amides is 1. The number of hydrogen-bond donors (Lipinski definition) is 1. The van der Waals surface area contributed by atoms with Gasteiger partial charge in [-0.05, 0) is 74.3 Å². The van der Waals surface area contributed by atoms with Crippen LogP contribution >= 0.6 is 11.8 Å². The molecule has 0 aromatic heterocycles. The minimum absolute atomic E-state index is 0.0936. The maximum atomic E-state index is 13.3. The molecule has 1 fully saturated rings. The molecule has 0 bridgehead atoms. The van der Waals surface area contributed by atoms with E-state index in [1.165, 1.54) is 17.8 Å². The lowest BCUT2D eigenvalue weighted by Crippen LogP contribution is -2.36. The number of rotatable bonds is 8. The first-order valence-electron chi connectivity index (χ1n) is 10.9. The monoisotopic (exact) mass is 476 g/mol. The van der Waals surface area contributed by atoms with Gasteiger partial charge in [-0.2, -0.15) is 0 Å². The van der Waals surface area contributed by atoms with E-state index in [2.05, 4.69) is 4.72 Å². The van der Waals surface area contributed by atoms with Crippen molar-refractivity contribution in [2.75, 3.05) is 26.5 Å². The van der Waals surface area contributed by atoms with E-state index >= 15 is 0 Å². The van der Waals surface area contributed by atoms with Crippen LogP contribution in [0.4, 0.5) is 0 Å². The number of carbonyl (C=O) groups is 1. The Morgan fingerprint density at radius 3 is 2.47 bits per heavy atom. The van der Waals surface area contributed by atoms with Crippen LogP contribution in [-0.2, 0) is 10.0 Å². The third kappa shape index (κ3) is 5.47. The molecule has 1 saturated heterocycles. The third-order valence-electron chi connectivity index (χ3n) is 5.88. The number of hydrogen-bond acceptors (Lipinski definition) is 5. The highest BCUT2D eigenvalue weighted by atomic mass is 32.2. The number of benzene rings is 2. The molecule has 0 unspecified atom stereocenters. The summed E-state index contributed by atoms with van der Waals surface area (Å²) in [5.41, 5.74) is 2.27. The van der Waals surface area contributed by atoms with Crippen LogP contribution in [0.5, 0.6) is 5.75 Å². The zero-order chi connectivity index (χ0) is 23.3. The standard InChI is InChI=1S/C24H32N2O4S2/c1-5-21(18-9-11-22(30-3)17(2)15-18)25-32(28,29)19-10-12-23(31-4)20(16-19)24(27)26-13-7-6-8-14-26/h9-12,15-16,21,25H,5-8,13-14H2,1-4H3/t21-/m0/s1. The molecule has 1 heterocycles. The lowest BCUT2D eigenvalue weighted by Gasteiger charge is -2.27. The summed E-state index contributed by atoms with van der Waals surface area (Å²) < 4.78 is 34.7. The molecule has 6 nitrogen and oxygen atoms in total. The molecule has 0 radical (unpaired) electrons. The first-order valence-corrected chi connectivity index (χ1v) is 13.7. The van der Waals surface area contributed by atoms with Crippen molar-refractivity contribution in [1.82, 2.24) is 9.62 Å². The SMILES string of the molecule is CC[C@H](NS(=O)(=O)c1ccc(SC)c(C(=O)N2CCCCC2)c1)c1ccc(OC)c(C)c1. The largest absolute Gasteiger partial charge is 0.496 e. The van der Waals surface area contributed by atoms with Gasteiger partial charge in [0.25, 0.3) is 5.91 Å². The second-order valence-electron chi connectivity index (χ2n) is 8.03. The van der Waals surface area contributed by atoms with Crippen LogP contribution < -0.4 is 9.46 Å². The molecular weight excluding hydrogens is 444 g/mol. The smallest absolute Gasteiger partial charge is 0.255 e. The maximum Gasteiger partial charge on any atom is 0.255 e. The fraction of sp³-hybridized carbons (Fsp3) is 0.458. The second kappa shape index (κ2) is 10.7. The number of likely N-dealkylation sites (tertiary alicyclic amines) is 1. The van der Waals surface area contributed by atoms with Gasteiger partial charge >= 0.3 is 0 Å². The van der Waals surface area contributed by atoms with Gasteiger partial charge < -0.3 is 9.64 Å². The topological polar surface area (TPSA) is 75.7 Å². The van der Waals surface area contributed by atoms with Crippen molar-refractivity contribution in [3.05, 3.63) is 53.1 Å². The average Bonchev–Trinajstić information content (AvgIpc) is 2.82. The fourth-order valence-corrected chi connectivity index (χ4v) is 5.95. The van der Waals surface area contributed by atoms with E-state index in [1.807, 2.05) is 43.2 Å². The van der Waals surface area contributed by atoms with E-state index < -0.39 is 10.0 Å². The van der Waals surface area contributed by atoms with Crippen molar-refractivity contribution in [2.45, 2.75) is 55.4 Å². The number of nitrogens with one attached hydrogen (secondary N) is 1. The summed E-state index contributed by atoms with van der Waals surface area (Å²) in [6.07, 6.45) is 5.58. The van der Waals surface area contributed by atoms with E-state index in [-0.39, 0.29) is 16.8 Å². The number of ether oxygens (including phenoxy) is 1. The second-order valence-corrected chi connectivity index (χ2v) is 10.6. The summed E-state index contributed by atoms with van der Waals surface area (Å²) in [7, 11) is -2.21. The van der Waals surface area contributed by atoms with Crippen molar-refractivity contribution in [1.29, 1.82) is 0 Å². The lowest BCUT2D eigenvalue weighted by atomic mass is 10.0. The molecule has 0 saturated carbocycles. The van der Waals surface area contributed by atoms with Crippen molar-refractivity contribution in [2.24, 2.45) is 0 Å². The van der Waals surface area contributed by atoms with Gasteiger partial charge in [-0.15, -0.1) is 11.8 Å². The van der Waals surface area contributed by atoms with Crippen LogP contribution in [0, 0.1) is 6.92 Å². The normalized spacial score (nSPS) is 15.4. The van der Waals surface area contributed by atoms with Gasteiger partial charge in [-0.1, -0.05) is 19.1 Å². The van der Waals surface area contributed by atoms with Gasteiger partial charge in [0.2, 0.25) is 10.0 Å². The summed E-state index contributed by atoms with van der Waals surface area (Å²) in [5.74, 6) is 0.670. The predicted octanol–water partition coefficient (Wildman–Crippen LogP) is 4.78. The van der Waals surface area contributed by atoms with Gasteiger partial charge in [-0.3, -0.25) is 4.79 Å². The highest BCUT2D eigenvalue weighted by Crippen LogP contribution is 2.29. The van der Waals surface area contributed by atoms with Crippen LogP contribution in [0.2, 0.25) is 0 Å². The van der Waals surface area contributed by atoms with Crippen molar-refractivity contribution in [3.63, 3.8) is 0 Å². The minimum Gasteiger partial charge on any atom is -0.496 e. The van der Waals surface area contributed by atoms with Crippen LogP contribution in [0.25, 0.3) is 0 Å². The fourth-order valence-electron chi connectivity index (χ4n) is 4.05. The predicted molar refractivity (Wildman–Crippen MR) is 129 cm³/mol. The summed E-state index contributed by atoms with van der Waals surface area (Å²) in [6.45, 7) is 5.31. The Morgan fingerprint density at radius 1 is 1.16 bits per heavy atom. The van der Waals surface area contributed by atoms with Crippen molar-refractivity contribution in [3.8, 4) is 5.75 Å². The first-order chi connectivity index (χ1) is 15.3. The molecule has 1 atom stereocenters. The number of aryl methyl sites for hydroxylation is 1. The molecule has 0 aliphatic carbocycles. The van der Waals surface area contributed by atoms with E-state index in [0.717, 1.165) is 54.1 Å². The van der Waals surface area contributed by atoms with E-state index in [1.54, 1.807) is 19.2 Å². The minimum atomic E-state index is -3.82. The number of piperidine rings is 1. The summed E-state index contributed by atoms with van der Waals surface area (Å²) in [4.78, 5) is 15.9. The Labute approximate surface area is 195 Å². The van der Waals surface area contributed by atoms with Crippen molar-refractivity contribution < 1.29 is 17.9 Å². The van der Waals surface area contributed by atoms with Gasteiger partial charge in [0, 0.05) is 24.0 Å². The average molecular weight is 477 g/mol. The highest BCUT2D eigenvalue weighted by Gasteiger charge is 2.25. The van der Waals surface area contributed by atoms with E-state index in [4.69, 9.17) is 4.74 Å². The number of nitrogens with zero attached hydrogens (tertiary/aromatic N) is 1. The van der Waals surface area contributed by atoms with Crippen LogP contribution in [0.15, 0.2) is 46.2 Å². The van der Waals surface area contributed by atoms with Gasteiger partial charge in [0.1, 0.15) is 5.75 Å². The third-order valence-corrected chi connectivity index (χ3v) is 8.15. The lowest BCUT2D eigenvalue weighted by molar-refractivity contribution is 0.0720. The Morgan fingerprint density at radius 2 is 1.88 bits per heavy atom. The van der Waals surface area contributed by atoms with Crippen LogP contribution in [-0.4, -0.2) is 45.7 Å². The zero-order valence-corrected chi connectivity index (χ0v) is 20.8. The Kier molecular flexibility index (Phi) is 8.25. The molecule has 0 spiro atoms. The first kappa shape index (κ1) is 24.6. The molecule has 2 aromatic carbocycles. The van der Waals surface area contributed by atoms with Crippen LogP contribution in [0.1, 0.15) is 60.1 Å². The van der Waals surface area contributed by atoms with Crippen LogP contribution in [0.3, 0.4) is 0 Å². The Bertz CT molecular complexity index is 1060. The molecule has 174 valence electrons. The van der Waals surface area contributed by atoms with Gasteiger partial charge in [0.15, 0.2) is 0 Å². The molecule has 8 heteroatoms. The Balaban J connectivity index is 1.90. The number of thioether (sulfide) groups is 1. The molecule has 1 amide bonds. The molecule has 2 aromatic rings. The number of sulfonamides is 1. The molecule has 1 aliphatic rings. The van der Waals surface area contributed by atoms with E-state index in [9.17, 15) is 13.2 Å². The summed E-state index contributed by atoms with van der Waals surface area (Å²) in [6, 6.07) is 10.1. The number of carbonyl (C=O) groups excluding carboxylic acids is 1. The highest BCUT2D eigenvalue weighted by molar-refractivity contribution is 7.98. The number of methoxy groups -OCH3 is 1. The summed E-state index contributed by atoms with van der Waals surface area (Å²) in [5, 5.41) is 0. The molecule has 3 rings (SSSR count). The van der Waals surface area contributed by atoms with E-state index in [0.29, 0.717) is 12.0 Å². The summed E-state index contributed by atoms with van der Waals surface area (Å²) >= 11 is 1.45. The van der Waals surface area contributed by atoms with Crippen molar-refractivity contribution >= 4 is 27.7 Å². The molecule has 32 heavy (non-hydrogen) atoms. The Hall–Kier alpha value is -2.03. The maximum absolute atomic E-state index is 13.3. The van der Waals surface area contributed by atoms with Gasteiger partial charge in [0.05, 0.1) is 17.6 Å².